The molecule has 0 spiro atoms. The van der Waals surface area contributed by atoms with Crippen LogP contribution in [0, 0.1) is 0 Å². The van der Waals surface area contributed by atoms with Crippen LogP contribution in [0.5, 0.6) is 0 Å². The number of hydrogen-bond donors (Lipinski definition) is 2. The van der Waals surface area contributed by atoms with Gasteiger partial charge in [-0.2, -0.15) is 10.2 Å². The molecule has 158 valence electrons. The molecule has 0 aliphatic carbocycles. The van der Waals surface area contributed by atoms with Crippen LogP contribution in [0.15, 0.2) is 10.2 Å². The van der Waals surface area contributed by atoms with Crippen molar-refractivity contribution in [3.63, 3.8) is 0 Å². The zero-order valence-electron chi connectivity index (χ0n) is 16.1. The number of rotatable bonds is 11. The maximum absolute atomic E-state index is 11.7. The van der Waals surface area contributed by atoms with Crippen LogP contribution in [0.3, 0.4) is 0 Å². The van der Waals surface area contributed by atoms with Crippen LogP contribution in [-0.2, 0) is 28.7 Å². The van der Waals surface area contributed by atoms with Crippen molar-refractivity contribution in [1.82, 2.24) is 10.9 Å². The van der Waals surface area contributed by atoms with Gasteiger partial charge in [-0.1, -0.05) is 0 Å². The Morgan fingerprint density at radius 2 is 1.11 bits per heavy atom. The first-order valence-corrected chi connectivity index (χ1v) is 9.11. The van der Waals surface area contributed by atoms with Gasteiger partial charge < -0.3 is 9.47 Å². The number of halogens is 2. The fraction of sp³-hybridized carbons (Fsp3) is 0.625. The van der Waals surface area contributed by atoms with Crippen LogP contribution in [-0.4, -0.2) is 60.2 Å². The number of amides is 2. The Bertz CT molecular complexity index is 585. The van der Waals surface area contributed by atoms with E-state index in [9.17, 15) is 19.2 Å². The lowest BCUT2D eigenvalue weighted by molar-refractivity contribution is -0.139. The zero-order valence-corrected chi connectivity index (χ0v) is 17.6. The summed E-state index contributed by atoms with van der Waals surface area (Å²) in [6.07, 6.45) is 1.11. The molecule has 0 saturated carbocycles. The summed E-state index contributed by atoms with van der Waals surface area (Å²) < 4.78 is 8.93. The van der Waals surface area contributed by atoms with Crippen molar-refractivity contribution in [3.05, 3.63) is 0 Å². The number of carbonyl (C=O) groups excluding carboxylic acids is 4. The molecule has 2 amide bonds. The summed E-state index contributed by atoms with van der Waals surface area (Å²) >= 11 is 11.6. The lowest BCUT2D eigenvalue weighted by Crippen LogP contribution is -2.28. The van der Waals surface area contributed by atoms with E-state index in [-0.39, 0.29) is 36.1 Å². The molecule has 0 fully saturated rings. The summed E-state index contributed by atoms with van der Waals surface area (Å²) in [5, 5.41) is 5.30. The second-order valence-electron chi connectivity index (χ2n) is 5.55. The number of unbranched alkanes of at least 4 members (excludes halogenated alkanes) is 1. The molecular formula is C16H24Cl2N4O6. The highest BCUT2D eigenvalue weighted by Crippen LogP contribution is 2.04. The average Bonchev–Trinajstić information content (AvgIpc) is 2.70. The number of ether oxygens (including phenoxy) is 2. The average molecular weight is 439 g/mol. The molecule has 0 rings (SSSR count). The van der Waals surface area contributed by atoms with E-state index in [1.807, 2.05) is 0 Å². The molecule has 2 N–H and O–H groups in total. The molecule has 28 heavy (non-hydrogen) atoms. The standard InChI is InChI=1S/C16H24Cl2N4O6/c1-9(13(17)15(25)27-3)19-21-11(23)7-5-6-8-12(24)22-20-10(2)14(18)16(26)28-4/h13-14H,5-8H2,1-4H3,(H,21,23)(H,22,24)/b19-9+,20-10+. The minimum Gasteiger partial charge on any atom is -0.468 e. The summed E-state index contributed by atoms with van der Waals surface area (Å²) in [5.41, 5.74) is 4.94. The van der Waals surface area contributed by atoms with Gasteiger partial charge in [-0.15, -0.1) is 23.2 Å². The van der Waals surface area contributed by atoms with Gasteiger partial charge in [0.25, 0.3) is 0 Å². The quantitative estimate of drug-likeness (QED) is 0.163. The van der Waals surface area contributed by atoms with E-state index in [4.69, 9.17) is 23.2 Å². The largest absolute Gasteiger partial charge is 0.468 e. The lowest BCUT2D eigenvalue weighted by atomic mass is 10.2. The maximum Gasteiger partial charge on any atom is 0.329 e. The van der Waals surface area contributed by atoms with Crippen LogP contribution < -0.4 is 10.9 Å². The van der Waals surface area contributed by atoms with E-state index in [0.29, 0.717) is 12.8 Å². The third kappa shape index (κ3) is 10.2. The van der Waals surface area contributed by atoms with Crippen molar-refractivity contribution in [2.45, 2.75) is 50.3 Å². The number of carbonyl (C=O) groups is 4. The summed E-state index contributed by atoms with van der Waals surface area (Å²) in [6, 6.07) is 0. The van der Waals surface area contributed by atoms with Gasteiger partial charge in [-0.25, -0.2) is 10.9 Å². The van der Waals surface area contributed by atoms with Crippen LogP contribution >= 0.6 is 23.2 Å². The van der Waals surface area contributed by atoms with Crippen molar-refractivity contribution in [2.24, 2.45) is 10.2 Å². The molecule has 0 radical (unpaired) electrons. The third-order valence-electron chi connectivity index (χ3n) is 3.32. The Hall–Kier alpha value is -2.20. The van der Waals surface area contributed by atoms with Gasteiger partial charge in [-0.3, -0.25) is 19.2 Å². The maximum atomic E-state index is 11.7. The van der Waals surface area contributed by atoms with Gasteiger partial charge >= 0.3 is 11.9 Å². The molecular weight excluding hydrogens is 415 g/mol. The van der Waals surface area contributed by atoms with Crippen LogP contribution in [0.1, 0.15) is 39.5 Å². The molecule has 0 bridgehead atoms. The number of esters is 2. The number of nitrogens with one attached hydrogen (secondary N) is 2. The summed E-state index contributed by atoms with van der Waals surface area (Å²) in [6.45, 7) is 2.96. The van der Waals surface area contributed by atoms with Crippen LogP contribution in [0.2, 0.25) is 0 Å². The van der Waals surface area contributed by atoms with E-state index in [0.717, 1.165) is 0 Å². The normalized spacial score (nSPS) is 13.9. The number of alkyl halides is 2. The predicted molar refractivity (Wildman–Crippen MR) is 104 cm³/mol. The van der Waals surface area contributed by atoms with Crippen LogP contribution in [0.4, 0.5) is 0 Å². The Morgan fingerprint density at radius 3 is 1.39 bits per heavy atom. The number of nitrogens with zero attached hydrogens (tertiary/aromatic N) is 2. The Kier molecular flexibility index (Phi) is 12.8. The number of hydrazone groups is 2. The SMILES string of the molecule is COC(=O)C(Cl)/C(C)=N/NC(=O)CCCCC(=O)N/N=C(\C)C(Cl)C(=O)OC. The Morgan fingerprint density at radius 1 is 0.786 bits per heavy atom. The monoisotopic (exact) mass is 438 g/mol. The fourth-order valence-corrected chi connectivity index (χ4v) is 1.92. The zero-order chi connectivity index (χ0) is 21.7. The first-order valence-electron chi connectivity index (χ1n) is 8.23. The number of hydrogen-bond acceptors (Lipinski definition) is 8. The van der Waals surface area contributed by atoms with Crippen LogP contribution in [0.25, 0.3) is 0 Å². The van der Waals surface area contributed by atoms with Gasteiger partial charge in [0.2, 0.25) is 11.8 Å². The van der Waals surface area contributed by atoms with Gasteiger partial charge in [0.05, 0.1) is 25.6 Å². The Balaban J connectivity index is 4.15. The summed E-state index contributed by atoms with van der Waals surface area (Å²) in [4.78, 5) is 45.8. The van der Waals surface area contributed by atoms with E-state index in [2.05, 4.69) is 30.5 Å². The van der Waals surface area contributed by atoms with E-state index in [1.54, 1.807) is 0 Å². The minimum absolute atomic E-state index is 0.129. The molecule has 2 unspecified atom stereocenters. The number of methoxy groups -OCH3 is 2. The predicted octanol–water partition coefficient (Wildman–Crippen LogP) is 1.09. The third-order valence-corrected chi connectivity index (χ3v) is 4.31. The van der Waals surface area contributed by atoms with E-state index in [1.165, 1.54) is 28.1 Å². The van der Waals surface area contributed by atoms with Crippen molar-refractivity contribution in [2.75, 3.05) is 14.2 Å². The molecule has 0 heterocycles. The molecule has 10 nitrogen and oxygen atoms in total. The van der Waals surface area contributed by atoms with Gasteiger partial charge in [-0.05, 0) is 26.7 Å². The topological polar surface area (TPSA) is 136 Å². The molecule has 0 aromatic rings. The lowest BCUT2D eigenvalue weighted by Gasteiger charge is -2.07. The highest BCUT2D eigenvalue weighted by Gasteiger charge is 2.20. The second-order valence-corrected chi connectivity index (χ2v) is 6.43. The molecule has 12 heteroatoms. The smallest absolute Gasteiger partial charge is 0.329 e. The molecule has 0 aliphatic rings. The summed E-state index contributed by atoms with van der Waals surface area (Å²) in [7, 11) is 2.39. The minimum atomic E-state index is -1.08. The fourth-order valence-electron chi connectivity index (χ4n) is 1.65. The highest BCUT2D eigenvalue weighted by atomic mass is 35.5. The van der Waals surface area contributed by atoms with Gasteiger partial charge in [0.15, 0.2) is 10.8 Å². The van der Waals surface area contributed by atoms with Crippen molar-refractivity contribution in [1.29, 1.82) is 0 Å². The second kappa shape index (κ2) is 13.9. The Labute approximate surface area is 173 Å². The summed E-state index contributed by atoms with van der Waals surface area (Å²) in [5.74, 6) is -2.11. The molecule has 0 aromatic carbocycles. The molecule has 0 saturated heterocycles. The highest BCUT2D eigenvalue weighted by molar-refractivity contribution is 6.42. The van der Waals surface area contributed by atoms with Gasteiger partial charge in [0.1, 0.15) is 0 Å². The van der Waals surface area contributed by atoms with Crippen molar-refractivity contribution >= 4 is 58.4 Å². The van der Waals surface area contributed by atoms with Crippen molar-refractivity contribution in [3.8, 4) is 0 Å². The molecule has 2 atom stereocenters. The molecule has 0 aliphatic heterocycles. The van der Waals surface area contributed by atoms with Crippen molar-refractivity contribution < 1.29 is 28.7 Å². The van der Waals surface area contributed by atoms with E-state index >= 15 is 0 Å². The first-order chi connectivity index (χ1) is 13.1. The molecule has 0 aromatic heterocycles. The van der Waals surface area contributed by atoms with Gasteiger partial charge in [0, 0.05) is 12.8 Å². The van der Waals surface area contributed by atoms with E-state index < -0.39 is 22.7 Å². The first kappa shape index (κ1) is 25.8.